The summed E-state index contributed by atoms with van der Waals surface area (Å²) >= 11 is 0. The molecule has 26 heavy (non-hydrogen) atoms. The Kier molecular flexibility index (Phi) is 4.42. The fraction of sp³-hybridized carbons (Fsp3) is 0.350. The van der Waals surface area contributed by atoms with Crippen molar-refractivity contribution in [3.05, 3.63) is 59.7 Å². The molecule has 0 spiro atoms. The molecule has 6 nitrogen and oxygen atoms in total. The maximum atomic E-state index is 12.3. The van der Waals surface area contributed by atoms with E-state index in [4.69, 9.17) is 4.74 Å². The van der Waals surface area contributed by atoms with E-state index in [1.165, 1.54) is 0 Å². The molecule has 3 heterocycles. The van der Waals surface area contributed by atoms with Crippen molar-refractivity contribution in [1.29, 1.82) is 0 Å². The van der Waals surface area contributed by atoms with Crippen LogP contribution in [0.25, 0.3) is 0 Å². The Morgan fingerprint density at radius 3 is 2.81 bits per heavy atom. The number of nitrogens with zero attached hydrogens (tertiary/aromatic N) is 4. The summed E-state index contributed by atoms with van der Waals surface area (Å²) in [5.41, 5.74) is 3.25. The molecule has 3 aliphatic rings. The van der Waals surface area contributed by atoms with Gasteiger partial charge in [0.1, 0.15) is 18.5 Å². The number of hydrogen-bond acceptors (Lipinski definition) is 4. The van der Waals surface area contributed by atoms with Crippen LogP contribution < -0.4 is 0 Å². The lowest BCUT2D eigenvalue weighted by Gasteiger charge is -2.31. The number of fused-ring (bicyclic) bond motifs is 1. The standard InChI is InChI=1S/C20H23N4O2/c1-24-12-9-21-13-18(24)19(22-15-24)17-7-10-23(11-8-17)20(25)26-14-16-5-3-2-4-6-16/h2-6,9,12-13,15,17H,7-8,10-11,14H2,1H3/q+1. The largest absolute Gasteiger partial charge is 0.445 e. The lowest BCUT2D eigenvalue weighted by molar-refractivity contribution is -0.706. The van der Waals surface area contributed by atoms with Crippen LogP contribution in [0.1, 0.15) is 18.4 Å². The van der Waals surface area contributed by atoms with Crippen LogP contribution in [0.15, 0.2) is 64.1 Å². The lowest BCUT2D eigenvalue weighted by atomic mass is 9.92. The van der Waals surface area contributed by atoms with Crippen LogP contribution in [0.5, 0.6) is 0 Å². The molecule has 0 bridgehead atoms. The number of allylic oxidation sites excluding steroid dienone is 2. The maximum absolute atomic E-state index is 12.3. The first kappa shape index (κ1) is 16.7. The van der Waals surface area contributed by atoms with Crippen molar-refractivity contribution in [2.45, 2.75) is 19.4 Å². The zero-order valence-electron chi connectivity index (χ0n) is 14.9. The van der Waals surface area contributed by atoms with Crippen LogP contribution >= 0.6 is 0 Å². The molecule has 1 unspecified atom stereocenters. The van der Waals surface area contributed by atoms with Crippen molar-refractivity contribution in [2.75, 3.05) is 20.1 Å². The Balaban J connectivity index is 1.34. The number of carbonyl (C=O) groups excluding carboxylic acids is 1. The Bertz CT molecular complexity index is 804. The summed E-state index contributed by atoms with van der Waals surface area (Å²) in [5, 5.41) is 0. The minimum Gasteiger partial charge on any atom is -0.445 e. The van der Waals surface area contributed by atoms with Crippen LogP contribution in [-0.2, 0) is 11.3 Å². The van der Waals surface area contributed by atoms with Gasteiger partial charge >= 0.3 is 6.09 Å². The van der Waals surface area contributed by atoms with Gasteiger partial charge in [-0.2, -0.15) is 0 Å². The number of piperidine rings is 1. The number of benzene rings is 1. The Labute approximate surface area is 153 Å². The fourth-order valence-corrected chi connectivity index (χ4v) is 3.62. The molecule has 1 amide bonds. The fourth-order valence-electron chi connectivity index (χ4n) is 3.62. The summed E-state index contributed by atoms with van der Waals surface area (Å²) in [6.45, 7) is 1.71. The summed E-state index contributed by atoms with van der Waals surface area (Å²) in [6.07, 6.45) is 9.26. The minimum absolute atomic E-state index is 0.234. The molecule has 1 aromatic rings. The van der Waals surface area contributed by atoms with Gasteiger partial charge in [-0.25, -0.2) is 14.3 Å². The first-order valence-electron chi connectivity index (χ1n) is 8.98. The number of amides is 1. The molecule has 1 aromatic carbocycles. The molecule has 1 fully saturated rings. The normalized spacial score (nSPS) is 24.9. The highest BCUT2D eigenvalue weighted by molar-refractivity contribution is 5.83. The minimum atomic E-state index is -0.234. The highest BCUT2D eigenvalue weighted by Gasteiger charge is 2.38. The van der Waals surface area contributed by atoms with E-state index in [9.17, 15) is 4.79 Å². The summed E-state index contributed by atoms with van der Waals surface area (Å²) in [7, 11) is 2.10. The summed E-state index contributed by atoms with van der Waals surface area (Å²) < 4.78 is 6.02. The van der Waals surface area contributed by atoms with E-state index >= 15 is 0 Å². The molecule has 0 radical (unpaired) electrons. The van der Waals surface area contributed by atoms with Crippen LogP contribution in [0.4, 0.5) is 4.79 Å². The van der Waals surface area contributed by atoms with E-state index in [-0.39, 0.29) is 6.09 Å². The zero-order chi connectivity index (χ0) is 18.0. The summed E-state index contributed by atoms with van der Waals surface area (Å²) in [5.74, 6) is 0.359. The monoisotopic (exact) mass is 351 g/mol. The molecular formula is C20H23N4O2+. The number of likely N-dealkylation sites (tertiary alicyclic amines) is 1. The predicted octanol–water partition coefficient (Wildman–Crippen LogP) is 3.29. The molecule has 0 saturated carbocycles. The average molecular weight is 351 g/mol. The first-order valence-corrected chi connectivity index (χ1v) is 8.98. The first-order chi connectivity index (χ1) is 12.7. The van der Waals surface area contributed by atoms with Crippen molar-refractivity contribution >= 4 is 18.6 Å². The Morgan fingerprint density at radius 1 is 1.27 bits per heavy atom. The molecule has 3 aliphatic heterocycles. The van der Waals surface area contributed by atoms with Gasteiger partial charge in [0.05, 0.1) is 19.5 Å². The number of ether oxygens (including phenoxy) is 1. The van der Waals surface area contributed by atoms with Crippen LogP contribution in [0.3, 0.4) is 0 Å². The second-order valence-corrected chi connectivity index (χ2v) is 7.04. The van der Waals surface area contributed by atoms with Gasteiger partial charge in [0.25, 0.3) is 0 Å². The smallest absolute Gasteiger partial charge is 0.410 e. The Morgan fingerprint density at radius 2 is 2.04 bits per heavy atom. The third kappa shape index (κ3) is 3.20. The van der Waals surface area contributed by atoms with E-state index < -0.39 is 0 Å². The highest BCUT2D eigenvalue weighted by Crippen LogP contribution is 2.35. The molecule has 6 heteroatoms. The number of rotatable bonds is 3. The Hall–Kier alpha value is -2.73. The van der Waals surface area contributed by atoms with Gasteiger partial charge in [0, 0.05) is 19.0 Å². The topological polar surface area (TPSA) is 54.3 Å². The maximum Gasteiger partial charge on any atom is 0.410 e. The molecule has 0 N–H and O–H groups in total. The molecule has 0 aromatic heterocycles. The third-order valence-electron chi connectivity index (χ3n) is 5.22. The van der Waals surface area contributed by atoms with E-state index in [1.54, 1.807) is 4.90 Å². The van der Waals surface area contributed by atoms with Gasteiger partial charge in [0.15, 0.2) is 12.0 Å². The van der Waals surface area contributed by atoms with Crippen LogP contribution in [0.2, 0.25) is 0 Å². The van der Waals surface area contributed by atoms with Crippen LogP contribution in [-0.4, -0.2) is 48.2 Å². The van der Waals surface area contributed by atoms with Crippen molar-refractivity contribution in [3.8, 4) is 0 Å². The van der Waals surface area contributed by atoms with Crippen molar-refractivity contribution in [2.24, 2.45) is 15.9 Å². The molecular weight excluding hydrogens is 328 g/mol. The number of carbonyl (C=O) groups is 1. The van der Waals surface area contributed by atoms with Crippen molar-refractivity contribution in [3.63, 3.8) is 0 Å². The zero-order valence-corrected chi connectivity index (χ0v) is 14.9. The van der Waals surface area contributed by atoms with E-state index in [2.05, 4.69) is 17.0 Å². The number of hydrogen-bond donors (Lipinski definition) is 0. The molecule has 1 atom stereocenters. The summed E-state index contributed by atoms with van der Waals surface area (Å²) in [6, 6.07) is 9.76. The second-order valence-electron chi connectivity index (χ2n) is 7.04. The average Bonchev–Trinajstić information content (AvgIpc) is 3.04. The van der Waals surface area contributed by atoms with E-state index in [0.29, 0.717) is 30.1 Å². The van der Waals surface area contributed by atoms with Gasteiger partial charge in [0.2, 0.25) is 0 Å². The van der Waals surface area contributed by atoms with Crippen molar-refractivity contribution in [1.82, 2.24) is 4.90 Å². The number of quaternary nitrogens is 1. The van der Waals surface area contributed by atoms with Gasteiger partial charge in [-0.1, -0.05) is 30.3 Å². The summed E-state index contributed by atoms with van der Waals surface area (Å²) in [4.78, 5) is 23.0. The second kappa shape index (κ2) is 6.88. The molecule has 0 aliphatic carbocycles. The van der Waals surface area contributed by atoms with E-state index in [0.717, 1.165) is 29.8 Å². The van der Waals surface area contributed by atoms with Crippen LogP contribution in [0, 0.1) is 5.92 Å². The van der Waals surface area contributed by atoms with E-state index in [1.807, 2.05) is 55.3 Å². The predicted molar refractivity (Wildman–Crippen MR) is 100 cm³/mol. The lowest BCUT2D eigenvalue weighted by Crippen LogP contribution is -2.40. The van der Waals surface area contributed by atoms with Gasteiger partial charge in [-0.15, -0.1) is 0 Å². The quantitative estimate of drug-likeness (QED) is 0.785. The third-order valence-corrected chi connectivity index (χ3v) is 5.22. The van der Waals surface area contributed by atoms with Crippen molar-refractivity contribution < 1.29 is 14.0 Å². The van der Waals surface area contributed by atoms with Gasteiger partial charge in [-0.05, 0) is 18.4 Å². The molecule has 1 saturated heterocycles. The molecule has 4 rings (SSSR count). The SMILES string of the molecule is C[N+]12C=CN=CC1=C(C1CCN(C(=O)OCc3ccccc3)CC1)N=C2. The molecule has 134 valence electrons. The van der Waals surface area contributed by atoms with Gasteiger partial charge in [-0.3, -0.25) is 4.99 Å². The number of aliphatic imine (C=N–C) groups is 2. The highest BCUT2D eigenvalue weighted by atomic mass is 16.6. The van der Waals surface area contributed by atoms with Gasteiger partial charge < -0.3 is 9.64 Å².